The predicted octanol–water partition coefficient (Wildman–Crippen LogP) is 1.93. The normalized spacial score (nSPS) is 15.8. The Morgan fingerprint density at radius 2 is 2.04 bits per heavy atom. The second kappa shape index (κ2) is 6.87. The molecule has 7 nitrogen and oxygen atoms in total. The molecule has 0 saturated carbocycles. The van der Waals surface area contributed by atoms with Crippen LogP contribution >= 0.6 is 0 Å². The van der Waals surface area contributed by atoms with E-state index in [-0.39, 0.29) is 18.0 Å². The number of rotatable bonds is 4. The Kier molecular flexibility index (Phi) is 4.62. The molecule has 2 heterocycles. The second-order valence-corrected chi connectivity index (χ2v) is 6.09. The van der Waals surface area contributed by atoms with E-state index < -0.39 is 23.1 Å². The van der Waals surface area contributed by atoms with E-state index in [2.05, 4.69) is 21.9 Å². The molecule has 1 atom stereocenters. The number of carbonyl (C=O) groups is 1. The van der Waals surface area contributed by atoms with E-state index in [9.17, 15) is 14.4 Å². The van der Waals surface area contributed by atoms with E-state index in [4.69, 9.17) is 4.74 Å². The van der Waals surface area contributed by atoms with Gasteiger partial charge in [0.15, 0.2) is 0 Å². The molecule has 0 saturated heterocycles. The van der Waals surface area contributed by atoms with Crippen LogP contribution < -0.4 is 16.6 Å². The van der Waals surface area contributed by atoms with E-state index >= 15 is 0 Å². The fourth-order valence-electron chi connectivity index (χ4n) is 3.15. The zero-order valence-corrected chi connectivity index (χ0v) is 14.5. The van der Waals surface area contributed by atoms with Crippen LogP contribution in [0.15, 0.2) is 57.8 Å². The minimum atomic E-state index is -0.663. The maximum atomic E-state index is 12.7. The van der Waals surface area contributed by atoms with E-state index in [1.165, 1.54) is 6.08 Å². The van der Waals surface area contributed by atoms with Crippen LogP contribution in [0, 0.1) is 6.92 Å². The smallest absolute Gasteiger partial charge is 0.337 e. The minimum absolute atomic E-state index is 0.0605. The number of aryl methyl sites for hydroxylation is 1. The number of allylic oxidation sites excluding steroid dienone is 1. The Hall–Kier alpha value is -3.35. The molecule has 2 aromatic rings. The van der Waals surface area contributed by atoms with Crippen LogP contribution in [0.25, 0.3) is 0 Å². The molecule has 1 aromatic heterocycles. The first-order valence-electron chi connectivity index (χ1n) is 8.11. The fraction of sp³-hybridized carbons (Fsp3) is 0.211. The van der Waals surface area contributed by atoms with Crippen molar-refractivity contribution < 1.29 is 9.53 Å². The summed E-state index contributed by atoms with van der Waals surface area (Å²) in [6, 6.07) is 7.52. The summed E-state index contributed by atoms with van der Waals surface area (Å²) in [7, 11) is 0. The quantitative estimate of drug-likeness (QED) is 0.575. The molecule has 0 bridgehead atoms. The fourth-order valence-corrected chi connectivity index (χ4v) is 3.15. The van der Waals surface area contributed by atoms with Crippen LogP contribution in [0.2, 0.25) is 0 Å². The van der Waals surface area contributed by atoms with Crippen molar-refractivity contribution >= 4 is 11.8 Å². The summed E-state index contributed by atoms with van der Waals surface area (Å²) in [6.45, 7) is 7.23. The third-order valence-electron chi connectivity index (χ3n) is 4.20. The van der Waals surface area contributed by atoms with Gasteiger partial charge in [0.2, 0.25) is 0 Å². The Morgan fingerprint density at radius 1 is 1.27 bits per heavy atom. The Labute approximate surface area is 149 Å². The molecule has 0 aliphatic carbocycles. The zero-order chi connectivity index (χ0) is 18.8. The van der Waals surface area contributed by atoms with Gasteiger partial charge in [0, 0.05) is 5.70 Å². The van der Waals surface area contributed by atoms with E-state index in [0.29, 0.717) is 11.3 Å². The van der Waals surface area contributed by atoms with Crippen molar-refractivity contribution in [3.8, 4) is 0 Å². The number of esters is 1. The lowest BCUT2D eigenvalue weighted by molar-refractivity contribution is -0.138. The predicted molar refractivity (Wildman–Crippen MR) is 98.2 cm³/mol. The molecule has 0 spiro atoms. The molecule has 134 valence electrons. The van der Waals surface area contributed by atoms with E-state index in [1.807, 2.05) is 31.2 Å². The van der Waals surface area contributed by atoms with Gasteiger partial charge >= 0.3 is 11.7 Å². The first kappa shape index (κ1) is 17.5. The minimum Gasteiger partial charge on any atom is -0.458 e. The number of H-pyrrole nitrogens is 2. The van der Waals surface area contributed by atoms with Crippen molar-refractivity contribution in [3.05, 3.63) is 85.7 Å². The molecule has 7 heteroatoms. The molecule has 26 heavy (non-hydrogen) atoms. The van der Waals surface area contributed by atoms with Gasteiger partial charge in [-0.3, -0.25) is 14.8 Å². The molecule has 0 fully saturated rings. The van der Waals surface area contributed by atoms with Gasteiger partial charge in [-0.2, -0.15) is 0 Å². The van der Waals surface area contributed by atoms with Gasteiger partial charge in [-0.15, -0.1) is 0 Å². The summed E-state index contributed by atoms with van der Waals surface area (Å²) >= 11 is 0. The first-order chi connectivity index (χ1) is 12.4. The van der Waals surface area contributed by atoms with Gasteiger partial charge in [-0.05, 0) is 19.4 Å². The van der Waals surface area contributed by atoms with Crippen LogP contribution in [0.3, 0.4) is 0 Å². The van der Waals surface area contributed by atoms with Gasteiger partial charge in [0.1, 0.15) is 12.4 Å². The Balaban J connectivity index is 2.25. The first-order valence-corrected chi connectivity index (χ1v) is 8.11. The highest BCUT2D eigenvalue weighted by Gasteiger charge is 2.35. The van der Waals surface area contributed by atoms with Crippen LogP contribution in [0.5, 0.6) is 0 Å². The zero-order valence-electron chi connectivity index (χ0n) is 14.5. The van der Waals surface area contributed by atoms with Crippen molar-refractivity contribution in [3.63, 3.8) is 0 Å². The molecule has 1 unspecified atom stereocenters. The number of benzene rings is 1. The number of carbonyl (C=O) groups excluding carboxylic acids is 1. The number of fused-ring (bicyclic) bond motifs is 1. The van der Waals surface area contributed by atoms with Crippen LogP contribution in [-0.2, 0) is 9.53 Å². The average molecular weight is 353 g/mol. The lowest BCUT2D eigenvalue weighted by atomic mass is 9.82. The average Bonchev–Trinajstić information content (AvgIpc) is 2.58. The number of aromatic nitrogens is 2. The summed E-state index contributed by atoms with van der Waals surface area (Å²) in [6.07, 6.45) is 1.48. The number of hydrogen-bond acceptors (Lipinski definition) is 5. The molecular weight excluding hydrogens is 334 g/mol. The lowest BCUT2D eigenvalue weighted by Gasteiger charge is -2.28. The van der Waals surface area contributed by atoms with Gasteiger partial charge in [0.25, 0.3) is 5.56 Å². The summed E-state index contributed by atoms with van der Waals surface area (Å²) in [5.41, 5.74) is 1.68. The van der Waals surface area contributed by atoms with E-state index in [0.717, 1.165) is 11.1 Å². The van der Waals surface area contributed by atoms with Gasteiger partial charge in [0.05, 0.1) is 17.1 Å². The summed E-state index contributed by atoms with van der Waals surface area (Å²) in [5.74, 6) is -0.926. The van der Waals surface area contributed by atoms with Crippen LogP contribution in [0.1, 0.15) is 29.5 Å². The van der Waals surface area contributed by atoms with Crippen molar-refractivity contribution in [2.45, 2.75) is 19.8 Å². The molecule has 3 rings (SSSR count). The van der Waals surface area contributed by atoms with Crippen molar-refractivity contribution in [1.29, 1.82) is 0 Å². The third-order valence-corrected chi connectivity index (χ3v) is 4.20. The molecular formula is C19H19N3O4. The van der Waals surface area contributed by atoms with Crippen molar-refractivity contribution in [1.82, 2.24) is 9.97 Å². The van der Waals surface area contributed by atoms with Gasteiger partial charge in [-0.1, -0.05) is 42.5 Å². The molecule has 1 aliphatic rings. The molecule has 0 radical (unpaired) electrons. The summed E-state index contributed by atoms with van der Waals surface area (Å²) < 4.78 is 5.22. The lowest BCUT2D eigenvalue weighted by Crippen LogP contribution is -2.35. The summed E-state index contributed by atoms with van der Waals surface area (Å²) in [5, 5.41) is 2.94. The molecule has 3 N–H and O–H groups in total. The largest absolute Gasteiger partial charge is 0.458 e. The number of hydrogen-bond donors (Lipinski definition) is 3. The second-order valence-electron chi connectivity index (χ2n) is 6.09. The molecule has 0 amide bonds. The third kappa shape index (κ3) is 3.11. The topological polar surface area (TPSA) is 104 Å². The monoisotopic (exact) mass is 353 g/mol. The Morgan fingerprint density at radius 3 is 2.73 bits per heavy atom. The maximum absolute atomic E-state index is 12.7. The van der Waals surface area contributed by atoms with Gasteiger partial charge in [-0.25, -0.2) is 9.59 Å². The number of aromatic amines is 2. The van der Waals surface area contributed by atoms with Crippen LogP contribution in [0.4, 0.5) is 5.82 Å². The van der Waals surface area contributed by atoms with Crippen molar-refractivity contribution in [2.24, 2.45) is 0 Å². The van der Waals surface area contributed by atoms with Crippen LogP contribution in [-0.4, -0.2) is 22.5 Å². The van der Waals surface area contributed by atoms with E-state index in [1.54, 1.807) is 6.92 Å². The molecule has 1 aromatic carbocycles. The van der Waals surface area contributed by atoms with Gasteiger partial charge < -0.3 is 10.1 Å². The highest BCUT2D eigenvalue weighted by atomic mass is 16.5. The number of nitrogens with one attached hydrogen (secondary N) is 3. The maximum Gasteiger partial charge on any atom is 0.337 e. The standard InChI is InChI=1S/C19H19N3O4/c1-4-8-26-18(24)13-11(3)20-16-15(17(23)22-19(25)21-16)14(13)12-7-5-6-10(2)9-12/h4-7,9,14H,1,8H2,2-3H3,(H3,20,21,22,23,25). The molecule has 1 aliphatic heterocycles. The van der Waals surface area contributed by atoms with Crippen molar-refractivity contribution in [2.75, 3.05) is 11.9 Å². The number of ether oxygens (including phenoxy) is 1. The number of anilines is 1. The SMILES string of the molecule is C=CCOC(=O)C1=C(C)Nc2[nH]c(=O)[nH]c(=O)c2C1c1cccc(C)c1. The summed E-state index contributed by atoms with van der Waals surface area (Å²) in [4.78, 5) is 41.7. The highest BCUT2D eigenvalue weighted by molar-refractivity contribution is 5.94. The highest BCUT2D eigenvalue weighted by Crippen LogP contribution is 2.39. The Bertz CT molecular complexity index is 1030.